The van der Waals surface area contributed by atoms with Crippen molar-refractivity contribution in [2.45, 2.75) is 6.61 Å². The van der Waals surface area contributed by atoms with Crippen LogP contribution in [0, 0.1) is 0 Å². The molecule has 34 heavy (non-hydrogen) atoms. The Kier molecular flexibility index (Phi) is 5.47. The number of carbonyl (C=O) groups is 1. The lowest BCUT2D eigenvalue weighted by Gasteiger charge is -2.14. The van der Waals surface area contributed by atoms with Gasteiger partial charge in [0.25, 0.3) is 0 Å². The molecule has 0 amide bonds. The van der Waals surface area contributed by atoms with E-state index in [-0.39, 0.29) is 18.0 Å². The summed E-state index contributed by atoms with van der Waals surface area (Å²) in [4.78, 5) is 22.8. The van der Waals surface area contributed by atoms with Gasteiger partial charge < -0.3 is 19.9 Å². The fraction of sp³-hybridized carbons (Fsp3) is 0.115. The molecule has 2 aromatic heterocycles. The van der Waals surface area contributed by atoms with E-state index in [4.69, 9.17) is 29.9 Å². The van der Waals surface area contributed by atoms with Crippen molar-refractivity contribution in [1.82, 2.24) is 14.5 Å². The number of esters is 1. The molecule has 8 nitrogen and oxygen atoms in total. The molecule has 8 heteroatoms. The summed E-state index contributed by atoms with van der Waals surface area (Å²) in [6, 6.07) is 22.2. The maximum Gasteiger partial charge on any atom is 0.344 e. The molecule has 0 radical (unpaired) electrons. The summed E-state index contributed by atoms with van der Waals surface area (Å²) in [7, 11) is 3.13. The predicted octanol–water partition coefficient (Wildman–Crippen LogP) is 4.53. The number of hydrogen-bond acceptors (Lipinski definition) is 7. The summed E-state index contributed by atoms with van der Waals surface area (Å²) >= 11 is 0. The number of methoxy groups -OCH3 is 2. The lowest BCUT2D eigenvalue weighted by atomic mass is 10.2. The number of nitrogens with two attached hydrogens (primary N) is 1. The summed E-state index contributed by atoms with van der Waals surface area (Å²) < 4.78 is 18.2. The second kappa shape index (κ2) is 8.74. The van der Waals surface area contributed by atoms with E-state index in [0.717, 1.165) is 5.56 Å². The minimum atomic E-state index is -0.587. The van der Waals surface area contributed by atoms with Crippen molar-refractivity contribution in [2.24, 2.45) is 0 Å². The van der Waals surface area contributed by atoms with Gasteiger partial charge in [-0.2, -0.15) is 0 Å². The Morgan fingerprint density at radius 2 is 1.62 bits per heavy atom. The average molecular weight is 454 g/mol. The minimum Gasteiger partial charge on any atom is -0.497 e. The van der Waals surface area contributed by atoms with Crippen molar-refractivity contribution in [2.75, 3.05) is 20.0 Å². The summed E-state index contributed by atoms with van der Waals surface area (Å²) in [6.45, 7) is 0.106. The van der Waals surface area contributed by atoms with Gasteiger partial charge >= 0.3 is 5.97 Å². The quantitative estimate of drug-likeness (QED) is 0.376. The topological polar surface area (TPSA) is 101 Å². The first-order valence-electron chi connectivity index (χ1n) is 10.6. The first kappa shape index (κ1) is 21.3. The van der Waals surface area contributed by atoms with Crippen LogP contribution >= 0.6 is 0 Å². The Labute approximate surface area is 195 Å². The molecular formula is C26H22N4O4. The number of hydrogen-bond donors (Lipinski definition) is 1. The smallest absolute Gasteiger partial charge is 0.344 e. The van der Waals surface area contributed by atoms with Crippen molar-refractivity contribution >= 4 is 34.0 Å². The molecule has 0 aliphatic rings. The SMILES string of the molecule is COc1ccc(OC)c(-n2c(N)c(C(=O)OCc3ccccc3)c3nc4ccccc4nc32)c1. The molecule has 5 aromatic rings. The van der Waals surface area contributed by atoms with Crippen LogP contribution in [0.1, 0.15) is 15.9 Å². The Hall–Kier alpha value is -4.59. The molecule has 5 rings (SSSR count). The van der Waals surface area contributed by atoms with Gasteiger partial charge in [0, 0.05) is 6.07 Å². The molecule has 0 fully saturated rings. The zero-order valence-electron chi connectivity index (χ0n) is 18.7. The first-order valence-corrected chi connectivity index (χ1v) is 10.6. The Morgan fingerprint density at radius 1 is 0.912 bits per heavy atom. The van der Waals surface area contributed by atoms with E-state index < -0.39 is 5.97 Å². The van der Waals surface area contributed by atoms with Crippen LogP contribution in [0.3, 0.4) is 0 Å². The molecule has 0 spiro atoms. The standard InChI is InChI=1S/C26H22N4O4/c1-32-17-12-13-21(33-2)20(14-17)30-24(27)22(26(31)34-15-16-8-4-3-5-9-16)23-25(30)29-19-11-7-6-10-18(19)28-23/h3-14H,15,27H2,1-2H3. The molecular weight excluding hydrogens is 432 g/mol. The summed E-state index contributed by atoms with van der Waals surface area (Å²) in [5.74, 6) is 0.689. The third-order valence-corrected chi connectivity index (χ3v) is 5.54. The van der Waals surface area contributed by atoms with Gasteiger partial charge in [0.05, 0.1) is 30.9 Å². The van der Waals surface area contributed by atoms with Crippen LogP contribution in [0.4, 0.5) is 5.82 Å². The first-order chi connectivity index (χ1) is 16.6. The lowest BCUT2D eigenvalue weighted by Crippen LogP contribution is -2.10. The number of para-hydroxylation sites is 2. The maximum absolute atomic E-state index is 13.3. The van der Waals surface area contributed by atoms with Gasteiger partial charge in [-0.15, -0.1) is 0 Å². The van der Waals surface area contributed by atoms with Gasteiger partial charge in [0.15, 0.2) is 5.65 Å². The zero-order chi connectivity index (χ0) is 23.7. The number of anilines is 1. The molecule has 0 unspecified atom stereocenters. The molecule has 0 aliphatic carbocycles. The maximum atomic E-state index is 13.3. The minimum absolute atomic E-state index is 0.106. The van der Waals surface area contributed by atoms with E-state index in [1.54, 1.807) is 37.0 Å². The predicted molar refractivity (Wildman–Crippen MR) is 129 cm³/mol. The van der Waals surface area contributed by atoms with E-state index in [1.807, 2.05) is 54.6 Å². The summed E-state index contributed by atoms with van der Waals surface area (Å²) in [5.41, 5.74) is 10.2. The third kappa shape index (κ3) is 3.65. The number of benzene rings is 3. The van der Waals surface area contributed by atoms with Crippen molar-refractivity contribution in [3.8, 4) is 17.2 Å². The molecule has 0 saturated heterocycles. The van der Waals surface area contributed by atoms with Crippen molar-refractivity contribution in [3.63, 3.8) is 0 Å². The second-order valence-corrected chi connectivity index (χ2v) is 7.58. The van der Waals surface area contributed by atoms with Crippen molar-refractivity contribution < 1.29 is 19.0 Å². The molecule has 2 heterocycles. The van der Waals surface area contributed by atoms with Crippen LogP contribution in [-0.2, 0) is 11.3 Å². The number of ether oxygens (including phenoxy) is 3. The number of nitrogen functional groups attached to an aromatic ring is 1. The van der Waals surface area contributed by atoms with Crippen LogP contribution in [0.25, 0.3) is 27.9 Å². The monoisotopic (exact) mass is 454 g/mol. The molecule has 0 bridgehead atoms. The fourth-order valence-electron chi connectivity index (χ4n) is 3.87. The highest BCUT2D eigenvalue weighted by Gasteiger charge is 2.27. The number of nitrogens with zero attached hydrogens (tertiary/aromatic N) is 3. The van der Waals surface area contributed by atoms with E-state index in [9.17, 15) is 4.79 Å². The van der Waals surface area contributed by atoms with Crippen LogP contribution in [-0.4, -0.2) is 34.7 Å². The van der Waals surface area contributed by atoms with Crippen LogP contribution in [0.5, 0.6) is 11.5 Å². The molecule has 0 atom stereocenters. The van der Waals surface area contributed by atoms with E-state index in [2.05, 4.69) is 0 Å². The zero-order valence-corrected chi connectivity index (χ0v) is 18.7. The van der Waals surface area contributed by atoms with Gasteiger partial charge in [-0.25, -0.2) is 14.8 Å². The molecule has 170 valence electrons. The number of fused-ring (bicyclic) bond motifs is 2. The Balaban J connectivity index is 1.72. The third-order valence-electron chi connectivity index (χ3n) is 5.54. The number of carbonyl (C=O) groups excluding carboxylic acids is 1. The van der Waals surface area contributed by atoms with Gasteiger partial charge in [-0.05, 0) is 29.8 Å². The largest absolute Gasteiger partial charge is 0.497 e. The summed E-state index contributed by atoms with van der Waals surface area (Å²) in [5, 5.41) is 0. The highest BCUT2D eigenvalue weighted by Crippen LogP contribution is 2.36. The van der Waals surface area contributed by atoms with Gasteiger partial charge in [0.1, 0.15) is 35.0 Å². The normalized spacial score (nSPS) is 11.0. The molecule has 0 saturated carbocycles. The van der Waals surface area contributed by atoms with Gasteiger partial charge in [-0.3, -0.25) is 4.57 Å². The van der Waals surface area contributed by atoms with E-state index in [1.165, 1.54) is 0 Å². The van der Waals surface area contributed by atoms with E-state index in [0.29, 0.717) is 39.4 Å². The van der Waals surface area contributed by atoms with Crippen LogP contribution < -0.4 is 15.2 Å². The number of rotatable bonds is 6. The van der Waals surface area contributed by atoms with Crippen molar-refractivity contribution in [3.05, 3.63) is 83.9 Å². The van der Waals surface area contributed by atoms with Crippen molar-refractivity contribution in [1.29, 1.82) is 0 Å². The highest BCUT2D eigenvalue weighted by atomic mass is 16.5. The van der Waals surface area contributed by atoms with E-state index >= 15 is 0 Å². The Morgan fingerprint density at radius 3 is 2.32 bits per heavy atom. The van der Waals surface area contributed by atoms with Gasteiger partial charge in [-0.1, -0.05) is 42.5 Å². The molecule has 3 aromatic carbocycles. The number of aromatic nitrogens is 3. The Bertz CT molecular complexity index is 1510. The van der Waals surface area contributed by atoms with Crippen LogP contribution in [0.2, 0.25) is 0 Å². The highest BCUT2D eigenvalue weighted by molar-refractivity contribution is 6.09. The van der Waals surface area contributed by atoms with Gasteiger partial charge in [0.2, 0.25) is 0 Å². The second-order valence-electron chi connectivity index (χ2n) is 7.58. The summed E-state index contributed by atoms with van der Waals surface area (Å²) in [6.07, 6.45) is 0. The average Bonchev–Trinajstić information content (AvgIpc) is 3.16. The van der Waals surface area contributed by atoms with Crippen LogP contribution in [0.15, 0.2) is 72.8 Å². The molecule has 0 aliphatic heterocycles. The fourth-order valence-corrected chi connectivity index (χ4v) is 3.87. The molecule has 2 N–H and O–H groups in total. The lowest BCUT2D eigenvalue weighted by molar-refractivity contribution is 0.0476.